The number of benzene rings is 3. The third kappa shape index (κ3) is 7.26. The van der Waals surface area contributed by atoms with Crippen molar-refractivity contribution in [3.8, 4) is 11.5 Å². The van der Waals surface area contributed by atoms with E-state index in [1.165, 1.54) is 28.0 Å². The minimum Gasteiger partial charge on any atom is -0.507 e. The molecular formula is C33H32ClN3O5S2. The molecule has 1 saturated heterocycles. The molecule has 1 unspecified atom stereocenters. The molecule has 0 spiro atoms. The molecule has 0 saturated carbocycles. The van der Waals surface area contributed by atoms with Crippen molar-refractivity contribution in [1.29, 1.82) is 0 Å². The van der Waals surface area contributed by atoms with Gasteiger partial charge in [-0.2, -0.15) is 0 Å². The molecule has 5 rings (SSSR count). The molecule has 11 heteroatoms. The topological polar surface area (TPSA) is 102 Å². The SMILES string of the molecule is CCCCOc1ccc(/C(O)=C2\C(=O)C(=O)N(c3nnc(SCc4ccc(Cl)cc4)s3)C2c2ccc(OCCC)cc2)cc1. The number of ketones is 1. The minimum absolute atomic E-state index is 0.0255. The van der Waals surface area contributed by atoms with Gasteiger partial charge in [0.2, 0.25) is 5.13 Å². The van der Waals surface area contributed by atoms with Gasteiger partial charge in [-0.25, -0.2) is 0 Å². The molecule has 0 bridgehead atoms. The summed E-state index contributed by atoms with van der Waals surface area (Å²) in [5, 5.41) is 21.0. The number of rotatable bonds is 13. The molecule has 228 valence electrons. The van der Waals surface area contributed by atoms with Crippen LogP contribution < -0.4 is 14.4 Å². The second-order valence-electron chi connectivity index (χ2n) is 10.1. The molecule has 44 heavy (non-hydrogen) atoms. The van der Waals surface area contributed by atoms with Crippen LogP contribution in [0.15, 0.2) is 82.7 Å². The largest absolute Gasteiger partial charge is 0.507 e. The Bertz CT molecular complexity index is 1620. The number of carbonyl (C=O) groups is 2. The number of aromatic nitrogens is 2. The fourth-order valence-electron chi connectivity index (χ4n) is 4.59. The van der Waals surface area contributed by atoms with Crippen molar-refractivity contribution in [3.05, 3.63) is 100 Å². The van der Waals surface area contributed by atoms with Crippen molar-refractivity contribution in [2.24, 2.45) is 0 Å². The van der Waals surface area contributed by atoms with Gasteiger partial charge in [-0.15, -0.1) is 10.2 Å². The summed E-state index contributed by atoms with van der Waals surface area (Å²) in [7, 11) is 0. The summed E-state index contributed by atoms with van der Waals surface area (Å²) in [5.41, 5.74) is 2.06. The van der Waals surface area contributed by atoms with Crippen molar-refractivity contribution >= 4 is 57.3 Å². The van der Waals surface area contributed by atoms with Gasteiger partial charge in [0, 0.05) is 16.3 Å². The number of Topliss-reactive ketones (excluding diaryl/α,β-unsaturated/α-hetero) is 1. The third-order valence-corrected chi connectivity index (χ3v) is 9.26. The van der Waals surface area contributed by atoms with Gasteiger partial charge < -0.3 is 14.6 Å². The second kappa shape index (κ2) is 14.7. The zero-order valence-electron chi connectivity index (χ0n) is 24.4. The van der Waals surface area contributed by atoms with Gasteiger partial charge >= 0.3 is 5.91 Å². The fourth-order valence-corrected chi connectivity index (χ4v) is 6.54. The maximum absolute atomic E-state index is 13.6. The summed E-state index contributed by atoms with van der Waals surface area (Å²) in [4.78, 5) is 28.5. The Hall–Kier alpha value is -3.86. The number of hydrogen-bond donors (Lipinski definition) is 1. The molecule has 4 aromatic rings. The molecule has 3 aromatic carbocycles. The van der Waals surface area contributed by atoms with E-state index in [4.69, 9.17) is 21.1 Å². The molecule has 1 amide bonds. The first-order valence-corrected chi connectivity index (χ1v) is 16.5. The number of unbranched alkanes of at least 4 members (excludes halogenated alkanes) is 1. The summed E-state index contributed by atoms with van der Waals surface area (Å²) < 4.78 is 12.1. The van der Waals surface area contributed by atoms with Crippen LogP contribution in [-0.4, -0.2) is 40.2 Å². The van der Waals surface area contributed by atoms with E-state index >= 15 is 0 Å². The lowest BCUT2D eigenvalue weighted by atomic mass is 9.95. The summed E-state index contributed by atoms with van der Waals surface area (Å²) in [5.74, 6) is 0.102. The predicted octanol–water partition coefficient (Wildman–Crippen LogP) is 8.08. The number of aliphatic hydroxyl groups excluding tert-OH is 1. The lowest BCUT2D eigenvalue weighted by Gasteiger charge is -2.22. The van der Waals surface area contributed by atoms with Gasteiger partial charge in [0.15, 0.2) is 4.34 Å². The van der Waals surface area contributed by atoms with Crippen molar-refractivity contribution in [2.45, 2.75) is 49.2 Å². The highest BCUT2D eigenvalue weighted by Gasteiger charge is 2.48. The van der Waals surface area contributed by atoms with Crippen LogP contribution in [0.25, 0.3) is 5.76 Å². The number of hydrogen-bond acceptors (Lipinski definition) is 9. The highest BCUT2D eigenvalue weighted by Crippen LogP contribution is 2.44. The van der Waals surface area contributed by atoms with Crippen LogP contribution in [0.5, 0.6) is 11.5 Å². The quantitative estimate of drug-likeness (QED) is 0.0387. The molecule has 1 fully saturated rings. The molecule has 1 atom stereocenters. The van der Waals surface area contributed by atoms with Gasteiger partial charge in [-0.3, -0.25) is 14.5 Å². The predicted molar refractivity (Wildman–Crippen MR) is 175 cm³/mol. The average Bonchev–Trinajstić information content (AvgIpc) is 3.61. The Morgan fingerprint density at radius 1 is 0.909 bits per heavy atom. The lowest BCUT2D eigenvalue weighted by molar-refractivity contribution is -0.132. The van der Waals surface area contributed by atoms with E-state index in [1.807, 2.05) is 31.2 Å². The molecule has 8 nitrogen and oxygen atoms in total. The lowest BCUT2D eigenvalue weighted by Crippen LogP contribution is -2.29. The Balaban J connectivity index is 1.48. The Labute approximate surface area is 269 Å². The highest BCUT2D eigenvalue weighted by atomic mass is 35.5. The van der Waals surface area contributed by atoms with E-state index in [9.17, 15) is 14.7 Å². The van der Waals surface area contributed by atoms with Crippen LogP contribution in [0.4, 0.5) is 5.13 Å². The molecule has 1 aliphatic heterocycles. The number of halogens is 1. The van der Waals surface area contributed by atoms with Gasteiger partial charge in [0.1, 0.15) is 17.3 Å². The Morgan fingerprint density at radius 2 is 1.57 bits per heavy atom. The monoisotopic (exact) mass is 649 g/mol. The standard InChI is InChI=1S/C33H32ClN3O5S2/c1-3-5-19-42-26-16-10-23(11-17-26)29(38)27-28(22-8-14-25(15-9-22)41-18-4-2)37(31(40)30(27)39)32-35-36-33(44-32)43-20-21-6-12-24(34)13-7-21/h6-17,28,38H,3-5,18-20H2,1-2H3/b29-27+. The van der Waals surface area contributed by atoms with E-state index in [-0.39, 0.29) is 16.5 Å². The second-order valence-corrected chi connectivity index (χ2v) is 12.7. The van der Waals surface area contributed by atoms with E-state index in [2.05, 4.69) is 17.1 Å². The number of ether oxygens (including phenoxy) is 2. The van der Waals surface area contributed by atoms with Gasteiger partial charge in [0.05, 0.1) is 24.8 Å². The van der Waals surface area contributed by atoms with Crippen LogP contribution in [-0.2, 0) is 15.3 Å². The zero-order chi connectivity index (χ0) is 31.1. The summed E-state index contributed by atoms with van der Waals surface area (Å²) in [6.45, 7) is 5.27. The smallest absolute Gasteiger partial charge is 0.301 e. The molecular weight excluding hydrogens is 618 g/mol. The molecule has 1 aliphatic rings. The van der Waals surface area contributed by atoms with Crippen molar-refractivity contribution < 1.29 is 24.2 Å². The number of amides is 1. The highest BCUT2D eigenvalue weighted by molar-refractivity contribution is 8.00. The molecule has 2 heterocycles. The van der Waals surface area contributed by atoms with E-state index < -0.39 is 17.7 Å². The Morgan fingerprint density at radius 3 is 2.23 bits per heavy atom. The first-order valence-electron chi connectivity index (χ1n) is 14.4. The molecule has 1 N–H and O–H groups in total. The summed E-state index contributed by atoms with van der Waals surface area (Å²) in [6.07, 6.45) is 2.81. The van der Waals surface area contributed by atoms with Crippen molar-refractivity contribution in [2.75, 3.05) is 18.1 Å². The molecule has 1 aromatic heterocycles. The molecule has 0 aliphatic carbocycles. The fraction of sp³-hybridized carbons (Fsp3) is 0.273. The van der Waals surface area contributed by atoms with Gasteiger partial charge in [-0.05, 0) is 72.5 Å². The normalized spacial score (nSPS) is 16.0. The van der Waals surface area contributed by atoms with Crippen LogP contribution in [0, 0.1) is 0 Å². The first kappa shape index (κ1) is 31.6. The molecule has 0 radical (unpaired) electrons. The number of thioether (sulfide) groups is 1. The van der Waals surface area contributed by atoms with Crippen LogP contribution in [0.2, 0.25) is 5.02 Å². The van der Waals surface area contributed by atoms with Crippen molar-refractivity contribution in [3.63, 3.8) is 0 Å². The van der Waals surface area contributed by atoms with Crippen LogP contribution >= 0.6 is 34.7 Å². The van der Waals surface area contributed by atoms with Gasteiger partial charge in [-0.1, -0.05) is 79.2 Å². The van der Waals surface area contributed by atoms with E-state index in [0.29, 0.717) is 51.0 Å². The third-order valence-electron chi connectivity index (χ3n) is 6.88. The summed E-state index contributed by atoms with van der Waals surface area (Å²) >= 11 is 8.69. The Kier molecular flexibility index (Phi) is 10.6. The first-order chi connectivity index (χ1) is 21.4. The maximum Gasteiger partial charge on any atom is 0.301 e. The summed E-state index contributed by atoms with van der Waals surface area (Å²) in [6, 6.07) is 20.6. The average molecular weight is 650 g/mol. The maximum atomic E-state index is 13.6. The number of anilines is 1. The van der Waals surface area contributed by atoms with Crippen molar-refractivity contribution in [1.82, 2.24) is 10.2 Å². The van der Waals surface area contributed by atoms with Gasteiger partial charge in [0.25, 0.3) is 5.78 Å². The van der Waals surface area contributed by atoms with Crippen LogP contribution in [0.3, 0.4) is 0 Å². The van der Waals surface area contributed by atoms with Crippen LogP contribution in [0.1, 0.15) is 55.8 Å². The van der Waals surface area contributed by atoms with E-state index in [1.54, 1.807) is 48.5 Å². The zero-order valence-corrected chi connectivity index (χ0v) is 26.8. The van der Waals surface area contributed by atoms with E-state index in [0.717, 1.165) is 24.8 Å². The number of carbonyl (C=O) groups excluding carboxylic acids is 2. The number of nitrogens with zero attached hydrogens (tertiary/aromatic N) is 3. The number of aliphatic hydroxyl groups is 1. The minimum atomic E-state index is -0.919.